The van der Waals surface area contributed by atoms with E-state index >= 15 is 0 Å². The molecule has 0 spiro atoms. The molecule has 1 aromatic heterocycles. The average Bonchev–Trinajstić information content (AvgIpc) is 2.36. The Morgan fingerprint density at radius 2 is 2.13 bits per heavy atom. The Kier molecular flexibility index (Phi) is 2.79. The van der Waals surface area contributed by atoms with Gasteiger partial charge in [0.25, 0.3) is 0 Å². The highest BCUT2D eigenvalue weighted by Crippen LogP contribution is 2.41. The van der Waals surface area contributed by atoms with Gasteiger partial charge in [0.15, 0.2) is 17.8 Å². The lowest BCUT2D eigenvalue weighted by atomic mass is 9.93. The molecular weight excluding hydrogens is 301 g/mol. The molecule has 0 fully saturated rings. The van der Waals surface area contributed by atoms with Crippen LogP contribution in [0.25, 0.3) is 0 Å². The molecule has 3 atom stereocenters. The van der Waals surface area contributed by atoms with E-state index in [0.717, 1.165) is 5.69 Å². The van der Waals surface area contributed by atoms with Gasteiger partial charge in [0, 0.05) is 18.1 Å². The molecular formula is C12H17INO+. The number of aliphatic hydroxyl groups is 1. The normalized spacial score (nSPS) is 34.5. The predicted octanol–water partition coefficient (Wildman–Crippen LogP) is 2.20. The Hall–Kier alpha value is -0.160. The summed E-state index contributed by atoms with van der Waals surface area (Å²) in [6.07, 6.45) is 2.08. The first kappa shape index (κ1) is 11.3. The van der Waals surface area contributed by atoms with Crippen LogP contribution in [0.4, 0.5) is 0 Å². The number of pyridine rings is 1. The van der Waals surface area contributed by atoms with Crippen molar-refractivity contribution < 1.29 is 9.67 Å². The standard InChI is InChI=1S/C12H17INO/c1-8(2)10-11(13)12(3,15)9-6-4-5-7-14(9)10/h4-8,10-11,15H,1-3H3/q+1. The van der Waals surface area contributed by atoms with E-state index in [4.69, 9.17) is 0 Å². The maximum Gasteiger partial charge on any atom is 0.214 e. The van der Waals surface area contributed by atoms with Gasteiger partial charge in [-0.1, -0.05) is 36.4 Å². The molecule has 0 saturated heterocycles. The summed E-state index contributed by atoms with van der Waals surface area (Å²) in [6.45, 7) is 6.33. The minimum atomic E-state index is -0.712. The number of alkyl halides is 1. The maximum atomic E-state index is 10.5. The molecule has 0 saturated carbocycles. The molecule has 0 aliphatic carbocycles. The Bertz CT molecular complexity index is 376. The largest absolute Gasteiger partial charge is 0.378 e. The second-order valence-corrected chi connectivity index (χ2v) is 6.12. The quantitative estimate of drug-likeness (QED) is 0.479. The van der Waals surface area contributed by atoms with Gasteiger partial charge in [-0.3, -0.25) is 0 Å². The third-order valence-corrected chi connectivity index (χ3v) is 5.20. The molecule has 1 N–H and O–H groups in total. The topological polar surface area (TPSA) is 24.1 Å². The fraction of sp³-hybridized carbons (Fsp3) is 0.583. The second kappa shape index (κ2) is 3.70. The van der Waals surface area contributed by atoms with Crippen LogP contribution in [0.5, 0.6) is 0 Å². The summed E-state index contributed by atoms with van der Waals surface area (Å²) in [5, 5.41) is 10.5. The van der Waals surface area contributed by atoms with E-state index in [2.05, 4.69) is 47.2 Å². The zero-order valence-electron chi connectivity index (χ0n) is 9.31. The number of halogens is 1. The van der Waals surface area contributed by atoms with Gasteiger partial charge >= 0.3 is 0 Å². The highest BCUT2D eigenvalue weighted by atomic mass is 127. The summed E-state index contributed by atoms with van der Waals surface area (Å²) < 4.78 is 2.46. The summed E-state index contributed by atoms with van der Waals surface area (Å²) in [5.74, 6) is 0.534. The van der Waals surface area contributed by atoms with Gasteiger partial charge in [0.05, 0.1) is 0 Å². The monoisotopic (exact) mass is 318 g/mol. The molecule has 15 heavy (non-hydrogen) atoms. The van der Waals surface area contributed by atoms with Crippen LogP contribution in [-0.2, 0) is 5.60 Å². The highest BCUT2D eigenvalue weighted by Gasteiger charge is 2.55. The fourth-order valence-electron chi connectivity index (χ4n) is 2.42. The first-order valence-corrected chi connectivity index (χ1v) is 6.58. The Labute approximate surface area is 104 Å². The second-order valence-electron chi connectivity index (χ2n) is 4.78. The van der Waals surface area contributed by atoms with Crippen molar-refractivity contribution >= 4 is 22.6 Å². The maximum absolute atomic E-state index is 10.5. The number of hydrogen-bond acceptors (Lipinski definition) is 1. The predicted molar refractivity (Wildman–Crippen MR) is 67.9 cm³/mol. The zero-order valence-corrected chi connectivity index (χ0v) is 11.5. The van der Waals surface area contributed by atoms with Crippen molar-refractivity contribution in [3.05, 3.63) is 30.1 Å². The number of nitrogens with zero attached hydrogens (tertiary/aromatic N) is 1. The third-order valence-electron chi connectivity index (χ3n) is 3.25. The van der Waals surface area contributed by atoms with Gasteiger partial charge in [0.2, 0.25) is 5.69 Å². The molecule has 0 amide bonds. The van der Waals surface area contributed by atoms with Crippen molar-refractivity contribution in [2.24, 2.45) is 5.92 Å². The molecule has 2 nitrogen and oxygen atoms in total. The van der Waals surface area contributed by atoms with Crippen LogP contribution in [0, 0.1) is 5.92 Å². The third kappa shape index (κ3) is 1.60. The van der Waals surface area contributed by atoms with E-state index in [1.807, 2.05) is 25.1 Å². The molecule has 0 aromatic carbocycles. The Balaban J connectivity index is 2.57. The molecule has 1 aliphatic rings. The molecule has 2 rings (SSSR count). The van der Waals surface area contributed by atoms with Crippen LogP contribution in [0.15, 0.2) is 24.4 Å². The van der Waals surface area contributed by atoms with Crippen molar-refractivity contribution in [1.82, 2.24) is 0 Å². The van der Waals surface area contributed by atoms with Crippen molar-refractivity contribution in [3.8, 4) is 0 Å². The van der Waals surface area contributed by atoms with Gasteiger partial charge in [-0.05, 0) is 13.0 Å². The van der Waals surface area contributed by atoms with E-state index in [1.165, 1.54) is 0 Å². The van der Waals surface area contributed by atoms with E-state index < -0.39 is 5.60 Å². The van der Waals surface area contributed by atoms with Gasteiger partial charge in [-0.15, -0.1) is 0 Å². The van der Waals surface area contributed by atoms with Crippen molar-refractivity contribution in [3.63, 3.8) is 0 Å². The van der Waals surface area contributed by atoms with Crippen LogP contribution in [0.3, 0.4) is 0 Å². The van der Waals surface area contributed by atoms with Crippen LogP contribution in [-0.4, -0.2) is 9.03 Å². The Morgan fingerprint density at radius 3 is 2.73 bits per heavy atom. The van der Waals surface area contributed by atoms with Crippen LogP contribution < -0.4 is 4.57 Å². The first-order valence-electron chi connectivity index (χ1n) is 5.33. The summed E-state index contributed by atoms with van der Waals surface area (Å²) in [4.78, 5) is 0. The molecule has 0 bridgehead atoms. The number of rotatable bonds is 1. The van der Waals surface area contributed by atoms with Gasteiger partial charge < -0.3 is 5.11 Å². The average molecular weight is 318 g/mol. The molecule has 0 radical (unpaired) electrons. The molecule has 3 heteroatoms. The van der Waals surface area contributed by atoms with Gasteiger partial charge in [-0.25, -0.2) is 0 Å². The lowest BCUT2D eigenvalue weighted by Crippen LogP contribution is -2.42. The van der Waals surface area contributed by atoms with Crippen LogP contribution in [0.2, 0.25) is 0 Å². The first-order chi connectivity index (χ1) is 6.96. The van der Waals surface area contributed by atoms with E-state index in [-0.39, 0.29) is 3.92 Å². The summed E-state index contributed by atoms with van der Waals surface area (Å²) in [7, 11) is 0. The van der Waals surface area contributed by atoms with E-state index in [1.54, 1.807) is 0 Å². The molecule has 1 aromatic rings. The zero-order chi connectivity index (χ0) is 11.2. The molecule has 1 aliphatic heterocycles. The minimum absolute atomic E-state index is 0.234. The molecule has 3 unspecified atom stereocenters. The number of fused-ring (bicyclic) bond motifs is 1. The summed E-state index contributed by atoms with van der Waals surface area (Å²) in [6, 6.07) is 6.43. The van der Waals surface area contributed by atoms with E-state index in [9.17, 15) is 5.11 Å². The van der Waals surface area contributed by atoms with Gasteiger partial charge in [0.1, 0.15) is 3.92 Å². The number of aromatic nitrogens is 1. The van der Waals surface area contributed by atoms with E-state index in [0.29, 0.717) is 12.0 Å². The summed E-state index contributed by atoms with van der Waals surface area (Å²) >= 11 is 2.38. The van der Waals surface area contributed by atoms with Crippen molar-refractivity contribution in [1.29, 1.82) is 0 Å². The van der Waals surface area contributed by atoms with Gasteiger partial charge in [-0.2, -0.15) is 4.57 Å². The Morgan fingerprint density at radius 1 is 1.47 bits per heavy atom. The number of hydrogen-bond donors (Lipinski definition) is 1. The minimum Gasteiger partial charge on any atom is -0.378 e. The fourth-order valence-corrected chi connectivity index (χ4v) is 3.92. The van der Waals surface area contributed by atoms with Crippen LogP contribution in [0.1, 0.15) is 32.5 Å². The van der Waals surface area contributed by atoms with Crippen LogP contribution >= 0.6 is 22.6 Å². The SMILES string of the molecule is CC(C)C1C(I)C(C)(O)c2cccc[n+]21. The molecule has 82 valence electrons. The smallest absolute Gasteiger partial charge is 0.214 e. The van der Waals surface area contributed by atoms with Crippen molar-refractivity contribution in [2.45, 2.75) is 36.3 Å². The highest BCUT2D eigenvalue weighted by molar-refractivity contribution is 14.1. The summed E-state index contributed by atoms with van der Waals surface area (Å²) in [5.41, 5.74) is 0.319. The lowest BCUT2D eigenvalue weighted by molar-refractivity contribution is -0.722. The lowest BCUT2D eigenvalue weighted by Gasteiger charge is -2.19. The molecule has 2 heterocycles. The van der Waals surface area contributed by atoms with Crippen molar-refractivity contribution in [2.75, 3.05) is 0 Å².